The molecule has 1 amide bonds. The molecule has 3 rings (SSSR count). The van der Waals surface area contributed by atoms with Gasteiger partial charge in [-0.15, -0.1) is 11.3 Å². The summed E-state index contributed by atoms with van der Waals surface area (Å²) < 4.78 is 9.51. The third kappa shape index (κ3) is 4.48. The van der Waals surface area contributed by atoms with E-state index in [1.54, 1.807) is 19.1 Å². The predicted octanol–water partition coefficient (Wildman–Crippen LogP) is 5.05. The molecule has 1 fully saturated rings. The van der Waals surface area contributed by atoms with E-state index in [0.29, 0.717) is 16.7 Å². The van der Waals surface area contributed by atoms with Crippen LogP contribution in [0.3, 0.4) is 0 Å². The molecule has 1 saturated carbocycles. The van der Waals surface area contributed by atoms with Crippen molar-refractivity contribution in [2.45, 2.75) is 37.4 Å². The Balaban J connectivity index is 1.71. The third-order valence-electron chi connectivity index (χ3n) is 3.96. The number of hydrogen-bond acceptors (Lipinski definition) is 6. The van der Waals surface area contributed by atoms with Gasteiger partial charge in [0.15, 0.2) is 5.13 Å². The van der Waals surface area contributed by atoms with Crippen molar-refractivity contribution in [1.82, 2.24) is 4.98 Å². The van der Waals surface area contributed by atoms with E-state index in [1.807, 2.05) is 37.4 Å². The quantitative estimate of drug-likeness (QED) is 0.588. The molecule has 0 bridgehead atoms. The van der Waals surface area contributed by atoms with Crippen molar-refractivity contribution in [2.24, 2.45) is 0 Å². The number of nitrogens with one attached hydrogen (secondary N) is 2. The largest absolute Gasteiger partial charge is 0.495 e. The van der Waals surface area contributed by atoms with Gasteiger partial charge in [0.25, 0.3) is 0 Å². The van der Waals surface area contributed by atoms with E-state index >= 15 is 0 Å². The second-order valence-corrected chi connectivity index (χ2v) is 9.26. The summed E-state index contributed by atoms with van der Waals surface area (Å²) in [5.74, 6) is 0.486. The minimum atomic E-state index is -0.751. The molecule has 0 aliphatic heterocycles. The van der Waals surface area contributed by atoms with E-state index in [2.05, 4.69) is 31.0 Å². The molecular weight excluding hydrogens is 422 g/mol. The van der Waals surface area contributed by atoms with Gasteiger partial charge in [-0.2, -0.15) is 0 Å². The second kappa shape index (κ2) is 7.55. The molecule has 1 aliphatic rings. The third-order valence-corrected chi connectivity index (χ3v) is 6.46. The van der Waals surface area contributed by atoms with Crippen LogP contribution in [0.1, 0.15) is 32.4 Å². The highest BCUT2D eigenvalue weighted by molar-refractivity contribution is 9.10. The number of benzene rings is 1. The Bertz CT molecular complexity index is 775. The Labute approximate surface area is 164 Å². The molecule has 0 spiro atoms. The van der Waals surface area contributed by atoms with Crippen molar-refractivity contribution >= 4 is 55.9 Å². The normalized spacial score (nSPS) is 14.2. The number of carbonyl (C=O) groups excluding carboxylic acids is 1. The van der Waals surface area contributed by atoms with Gasteiger partial charge in [-0.05, 0) is 56.8 Å². The van der Waals surface area contributed by atoms with Gasteiger partial charge in [-0.25, -0.2) is 4.98 Å². The van der Waals surface area contributed by atoms with Crippen molar-refractivity contribution in [3.63, 3.8) is 0 Å². The van der Waals surface area contributed by atoms with Crippen LogP contribution in [-0.2, 0) is 10.2 Å². The number of nitrogens with zero attached hydrogens (tertiary/aromatic N) is 1. The van der Waals surface area contributed by atoms with Crippen LogP contribution in [0.4, 0.5) is 10.8 Å². The number of methoxy groups -OCH3 is 1. The Hall–Kier alpha value is -1.25. The lowest BCUT2D eigenvalue weighted by Crippen LogP contribution is -2.35. The highest BCUT2D eigenvalue weighted by Crippen LogP contribution is 2.36. The van der Waals surface area contributed by atoms with Crippen molar-refractivity contribution in [1.29, 1.82) is 0 Å². The SMILES string of the molecule is COc1cc(Br)ccc1NC(=O)C(C)(C)c1csc(NSC2CC2)n1. The lowest BCUT2D eigenvalue weighted by atomic mass is 9.89. The molecule has 5 nitrogen and oxygen atoms in total. The van der Waals surface area contributed by atoms with E-state index in [4.69, 9.17) is 4.74 Å². The number of rotatable bonds is 7. The van der Waals surface area contributed by atoms with E-state index < -0.39 is 5.41 Å². The number of anilines is 2. The van der Waals surface area contributed by atoms with Gasteiger partial charge in [-0.3, -0.25) is 4.79 Å². The van der Waals surface area contributed by atoms with Crippen molar-refractivity contribution in [3.8, 4) is 5.75 Å². The van der Waals surface area contributed by atoms with Crippen LogP contribution in [-0.4, -0.2) is 23.3 Å². The molecule has 2 N–H and O–H groups in total. The summed E-state index contributed by atoms with van der Waals surface area (Å²) >= 11 is 6.64. The van der Waals surface area contributed by atoms with E-state index in [-0.39, 0.29) is 5.91 Å². The molecule has 134 valence electrons. The Morgan fingerprint density at radius 2 is 2.20 bits per heavy atom. The number of amides is 1. The smallest absolute Gasteiger partial charge is 0.236 e. The lowest BCUT2D eigenvalue weighted by Gasteiger charge is -2.22. The van der Waals surface area contributed by atoms with Crippen LogP contribution in [0.5, 0.6) is 5.75 Å². The molecule has 8 heteroatoms. The average Bonchev–Trinajstić information content (AvgIpc) is 3.29. The van der Waals surface area contributed by atoms with E-state index in [1.165, 1.54) is 24.2 Å². The van der Waals surface area contributed by atoms with Crippen LogP contribution in [0.2, 0.25) is 0 Å². The van der Waals surface area contributed by atoms with Gasteiger partial charge >= 0.3 is 0 Å². The fourth-order valence-electron chi connectivity index (χ4n) is 2.09. The number of ether oxygens (including phenoxy) is 1. The highest BCUT2D eigenvalue weighted by Gasteiger charge is 2.33. The summed E-state index contributed by atoms with van der Waals surface area (Å²) in [6.07, 6.45) is 2.53. The molecule has 1 aromatic carbocycles. The Kier molecular flexibility index (Phi) is 5.60. The highest BCUT2D eigenvalue weighted by atomic mass is 79.9. The van der Waals surface area contributed by atoms with Gasteiger partial charge < -0.3 is 14.8 Å². The van der Waals surface area contributed by atoms with Gasteiger partial charge in [0.05, 0.1) is 23.9 Å². The first-order valence-electron chi connectivity index (χ1n) is 7.93. The predicted molar refractivity (Wildman–Crippen MR) is 109 cm³/mol. The average molecular weight is 442 g/mol. The minimum absolute atomic E-state index is 0.125. The summed E-state index contributed by atoms with van der Waals surface area (Å²) in [7, 11) is 1.58. The molecule has 1 heterocycles. The molecule has 1 aliphatic carbocycles. The minimum Gasteiger partial charge on any atom is -0.495 e. The van der Waals surface area contributed by atoms with Gasteiger partial charge in [0.1, 0.15) is 5.75 Å². The summed E-state index contributed by atoms with van der Waals surface area (Å²) in [6, 6.07) is 5.50. The number of halogens is 1. The number of thiazole rings is 1. The molecule has 0 atom stereocenters. The summed E-state index contributed by atoms with van der Waals surface area (Å²) in [4.78, 5) is 17.4. The summed E-state index contributed by atoms with van der Waals surface area (Å²) in [6.45, 7) is 3.75. The zero-order valence-electron chi connectivity index (χ0n) is 14.3. The molecule has 25 heavy (non-hydrogen) atoms. The topological polar surface area (TPSA) is 63.2 Å². The maximum atomic E-state index is 12.8. The Morgan fingerprint density at radius 1 is 1.44 bits per heavy atom. The van der Waals surface area contributed by atoms with E-state index in [9.17, 15) is 4.79 Å². The van der Waals surface area contributed by atoms with Crippen LogP contribution in [0.25, 0.3) is 0 Å². The number of hydrogen-bond donors (Lipinski definition) is 2. The summed E-state index contributed by atoms with van der Waals surface area (Å²) in [5.41, 5.74) is 0.644. The first kappa shape index (κ1) is 18.5. The maximum Gasteiger partial charge on any atom is 0.236 e. The summed E-state index contributed by atoms with van der Waals surface area (Å²) in [5, 5.41) is 6.43. The zero-order chi connectivity index (χ0) is 18.0. The van der Waals surface area contributed by atoms with Crippen molar-refractivity contribution < 1.29 is 9.53 Å². The molecule has 0 radical (unpaired) electrons. The first-order chi connectivity index (χ1) is 11.9. The van der Waals surface area contributed by atoms with Gasteiger partial charge in [0.2, 0.25) is 5.91 Å². The lowest BCUT2D eigenvalue weighted by molar-refractivity contribution is -0.120. The fraction of sp³-hybridized carbons (Fsp3) is 0.412. The number of aromatic nitrogens is 1. The molecule has 0 unspecified atom stereocenters. The molecule has 1 aromatic heterocycles. The number of carbonyl (C=O) groups is 1. The zero-order valence-corrected chi connectivity index (χ0v) is 17.5. The van der Waals surface area contributed by atoms with Crippen molar-refractivity contribution in [3.05, 3.63) is 33.7 Å². The molecule has 2 aromatic rings. The van der Waals surface area contributed by atoms with Crippen LogP contribution in [0.15, 0.2) is 28.1 Å². The van der Waals surface area contributed by atoms with Crippen LogP contribution >= 0.6 is 39.2 Å². The Morgan fingerprint density at radius 3 is 2.88 bits per heavy atom. The van der Waals surface area contributed by atoms with Gasteiger partial charge in [-0.1, -0.05) is 15.9 Å². The molecular formula is C17H20BrN3O2S2. The standard InChI is InChI=1S/C17H20BrN3O2S2/c1-17(2,14-9-24-16(20-14)21-25-11-5-6-11)15(22)19-12-7-4-10(18)8-13(12)23-3/h4,7-9,11H,5-6H2,1-3H3,(H,19,22)(H,20,21). The first-order valence-corrected chi connectivity index (χ1v) is 10.5. The monoisotopic (exact) mass is 441 g/mol. The van der Waals surface area contributed by atoms with Crippen molar-refractivity contribution in [2.75, 3.05) is 17.1 Å². The van der Waals surface area contributed by atoms with Crippen LogP contribution in [0, 0.1) is 0 Å². The van der Waals surface area contributed by atoms with E-state index in [0.717, 1.165) is 15.3 Å². The second-order valence-electron chi connectivity index (χ2n) is 6.38. The maximum absolute atomic E-state index is 12.8. The van der Waals surface area contributed by atoms with Crippen LogP contribution < -0.4 is 14.8 Å². The fourth-order valence-corrected chi connectivity index (χ4v) is 4.17. The molecule has 0 saturated heterocycles. The van der Waals surface area contributed by atoms with Gasteiger partial charge in [0, 0.05) is 15.1 Å².